The van der Waals surface area contributed by atoms with Crippen LogP contribution in [0.2, 0.25) is 0 Å². The van der Waals surface area contributed by atoms with E-state index in [-0.39, 0.29) is 23.5 Å². The fraction of sp³-hybridized carbons (Fsp3) is 0.318. The van der Waals surface area contributed by atoms with Crippen molar-refractivity contribution in [2.24, 2.45) is 5.92 Å². The number of carbonyl (C=O) groups excluding carboxylic acids is 3. The molecule has 1 heterocycles. The van der Waals surface area contributed by atoms with Crippen LogP contribution in [-0.2, 0) is 20.8 Å². The second-order valence-electron chi connectivity index (χ2n) is 6.92. The molecule has 0 spiro atoms. The molecular weight excluding hydrogens is 372 g/mol. The Bertz CT molecular complexity index is 814. The summed E-state index contributed by atoms with van der Waals surface area (Å²) in [4.78, 5) is 38.0. The summed E-state index contributed by atoms with van der Waals surface area (Å²) in [5, 5.41) is 7.45. The molecule has 0 unspecified atom stereocenters. The lowest BCUT2D eigenvalue weighted by atomic mass is 9.98. The SMILES string of the molecule is CC(=O)N[C@@H](Cc1ccccc1)C(=O)N[C@H](C(=O)/C=C/c1cccs1)C(C)C. The molecule has 148 valence electrons. The predicted octanol–water partition coefficient (Wildman–Crippen LogP) is 3.22. The van der Waals surface area contributed by atoms with Crippen LogP contribution >= 0.6 is 11.3 Å². The van der Waals surface area contributed by atoms with Crippen molar-refractivity contribution in [3.05, 3.63) is 64.4 Å². The summed E-state index contributed by atoms with van der Waals surface area (Å²) in [5.41, 5.74) is 0.932. The first-order chi connectivity index (χ1) is 13.4. The quantitative estimate of drug-likeness (QED) is 0.637. The van der Waals surface area contributed by atoms with Gasteiger partial charge >= 0.3 is 0 Å². The Labute approximate surface area is 169 Å². The van der Waals surface area contributed by atoms with Gasteiger partial charge in [0, 0.05) is 18.2 Å². The molecule has 6 heteroatoms. The number of nitrogens with one attached hydrogen (secondary N) is 2. The molecule has 0 aliphatic heterocycles. The van der Waals surface area contributed by atoms with E-state index in [1.807, 2.05) is 61.7 Å². The first-order valence-electron chi connectivity index (χ1n) is 9.23. The van der Waals surface area contributed by atoms with Gasteiger partial charge < -0.3 is 10.6 Å². The number of hydrogen-bond donors (Lipinski definition) is 2. The third-order valence-corrected chi connectivity index (χ3v) is 5.04. The van der Waals surface area contributed by atoms with Crippen LogP contribution in [0.4, 0.5) is 0 Å². The number of rotatable bonds is 9. The minimum absolute atomic E-state index is 0.0841. The van der Waals surface area contributed by atoms with Gasteiger partial charge in [-0.3, -0.25) is 14.4 Å². The minimum Gasteiger partial charge on any atom is -0.344 e. The summed E-state index contributed by atoms with van der Waals surface area (Å²) in [6.07, 6.45) is 3.61. The lowest BCUT2D eigenvalue weighted by Gasteiger charge is -2.24. The molecule has 5 nitrogen and oxygen atoms in total. The van der Waals surface area contributed by atoms with E-state index in [1.54, 1.807) is 6.08 Å². The molecule has 2 amide bonds. The standard InChI is InChI=1S/C22H26N2O3S/c1-15(2)21(20(26)12-11-18-10-7-13-28-18)24-22(27)19(23-16(3)25)14-17-8-5-4-6-9-17/h4-13,15,19,21H,14H2,1-3H3,(H,23,25)(H,24,27)/b12-11+/t19-,21-/m0/s1. The van der Waals surface area contributed by atoms with Gasteiger partial charge in [0.1, 0.15) is 6.04 Å². The third kappa shape index (κ3) is 6.78. The van der Waals surface area contributed by atoms with E-state index in [4.69, 9.17) is 0 Å². The molecular formula is C22H26N2O3S. The van der Waals surface area contributed by atoms with Crippen LogP contribution in [0, 0.1) is 5.92 Å². The summed E-state index contributed by atoms with van der Waals surface area (Å²) in [6, 6.07) is 11.9. The maximum Gasteiger partial charge on any atom is 0.243 e. The van der Waals surface area contributed by atoms with Gasteiger partial charge in [-0.1, -0.05) is 50.2 Å². The molecule has 2 aromatic rings. The molecule has 1 aromatic heterocycles. The van der Waals surface area contributed by atoms with E-state index in [2.05, 4.69) is 10.6 Å². The molecule has 0 fully saturated rings. The topological polar surface area (TPSA) is 75.3 Å². The highest BCUT2D eigenvalue weighted by molar-refractivity contribution is 7.10. The average Bonchev–Trinajstić information content (AvgIpc) is 3.17. The highest BCUT2D eigenvalue weighted by atomic mass is 32.1. The smallest absolute Gasteiger partial charge is 0.243 e. The Balaban J connectivity index is 2.10. The molecule has 2 atom stereocenters. The first kappa shape index (κ1) is 21.6. The van der Waals surface area contributed by atoms with Crippen molar-refractivity contribution in [1.29, 1.82) is 0 Å². The Hall–Kier alpha value is -2.73. The second-order valence-corrected chi connectivity index (χ2v) is 7.90. The number of ketones is 1. The van der Waals surface area contributed by atoms with Crippen LogP contribution in [0.5, 0.6) is 0 Å². The van der Waals surface area contributed by atoms with E-state index in [0.29, 0.717) is 6.42 Å². The fourth-order valence-electron chi connectivity index (χ4n) is 2.78. The van der Waals surface area contributed by atoms with Crippen molar-refractivity contribution in [1.82, 2.24) is 10.6 Å². The van der Waals surface area contributed by atoms with Gasteiger partial charge in [0.2, 0.25) is 11.8 Å². The van der Waals surface area contributed by atoms with Gasteiger partial charge in [0.15, 0.2) is 5.78 Å². The van der Waals surface area contributed by atoms with E-state index in [1.165, 1.54) is 24.3 Å². The maximum atomic E-state index is 12.8. The summed E-state index contributed by atoms with van der Waals surface area (Å²) < 4.78 is 0. The summed E-state index contributed by atoms with van der Waals surface area (Å²) in [5.74, 6) is -0.908. The Morgan fingerprint density at radius 2 is 1.75 bits per heavy atom. The van der Waals surface area contributed by atoms with Gasteiger partial charge in [-0.2, -0.15) is 0 Å². The van der Waals surface area contributed by atoms with Gasteiger partial charge in [0.25, 0.3) is 0 Å². The number of benzene rings is 1. The number of amides is 2. The van der Waals surface area contributed by atoms with Crippen LogP contribution in [0.15, 0.2) is 53.9 Å². The summed E-state index contributed by atoms with van der Waals surface area (Å²) in [7, 11) is 0. The average molecular weight is 399 g/mol. The molecule has 1 aromatic carbocycles. The lowest BCUT2D eigenvalue weighted by Crippen LogP contribution is -2.53. The molecule has 28 heavy (non-hydrogen) atoms. The number of thiophene rings is 1. The van der Waals surface area contributed by atoms with Crippen molar-refractivity contribution in [3.8, 4) is 0 Å². The predicted molar refractivity (Wildman–Crippen MR) is 113 cm³/mol. The van der Waals surface area contributed by atoms with Crippen LogP contribution in [0.25, 0.3) is 6.08 Å². The highest BCUT2D eigenvalue weighted by Gasteiger charge is 2.27. The van der Waals surface area contributed by atoms with Crippen LogP contribution in [-0.4, -0.2) is 29.7 Å². The van der Waals surface area contributed by atoms with Crippen molar-refractivity contribution in [2.75, 3.05) is 0 Å². The largest absolute Gasteiger partial charge is 0.344 e. The zero-order valence-corrected chi connectivity index (χ0v) is 17.2. The molecule has 0 saturated heterocycles. The normalized spacial score (nSPS) is 13.3. The summed E-state index contributed by atoms with van der Waals surface area (Å²) >= 11 is 1.54. The maximum absolute atomic E-state index is 12.8. The van der Waals surface area contributed by atoms with E-state index >= 15 is 0 Å². The zero-order chi connectivity index (χ0) is 20.5. The highest BCUT2D eigenvalue weighted by Crippen LogP contribution is 2.12. The Morgan fingerprint density at radius 1 is 1.04 bits per heavy atom. The monoisotopic (exact) mass is 398 g/mol. The Morgan fingerprint density at radius 3 is 2.32 bits per heavy atom. The van der Waals surface area contributed by atoms with Crippen LogP contribution < -0.4 is 10.6 Å². The lowest BCUT2D eigenvalue weighted by molar-refractivity contribution is -0.130. The van der Waals surface area contributed by atoms with Gasteiger partial charge in [-0.25, -0.2) is 0 Å². The Kier molecular flexibility index (Phi) is 8.14. The second kappa shape index (κ2) is 10.6. The van der Waals surface area contributed by atoms with E-state index in [9.17, 15) is 14.4 Å². The first-order valence-corrected chi connectivity index (χ1v) is 10.1. The number of hydrogen-bond acceptors (Lipinski definition) is 4. The van der Waals surface area contributed by atoms with Crippen LogP contribution in [0.1, 0.15) is 31.2 Å². The van der Waals surface area contributed by atoms with Crippen LogP contribution in [0.3, 0.4) is 0 Å². The minimum atomic E-state index is -0.741. The van der Waals surface area contributed by atoms with E-state index < -0.39 is 12.1 Å². The van der Waals surface area contributed by atoms with Crippen molar-refractivity contribution in [3.63, 3.8) is 0 Å². The molecule has 0 aliphatic rings. The molecule has 2 N–H and O–H groups in total. The van der Waals surface area contributed by atoms with Gasteiger partial charge in [-0.15, -0.1) is 11.3 Å². The van der Waals surface area contributed by atoms with Gasteiger partial charge in [-0.05, 0) is 35.1 Å². The van der Waals surface area contributed by atoms with Gasteiger partial charge in [0.05, 0.1) is 6.04 Å². The van der Waals surface area contributed by atoms with Crippen molar-refractivity contribution >= 4 is 35.0 Å². The third-order valence-electron chi connectivity index (χ3n) is 4.20. The fourth-order valence-corrected chi connectivity index (χ4v) is 3.40. The molecule has 2 rings (SSSR count). The molecule has 0 saturated carbocycles. The number of carbonyl (C=O) groups is 3. The summed E-state index contributed by atoms with van der Waals surface area (Å²) in [6.45, 7) is 5.14. The van der Waals surface area contributed by atoms with E-state index in [0.717, 1.165) is 10.4 Å². The van der Waals surface area contributed by atoms with Crippen molar-refractivity contribution in [2.45, 2.75) is 39.3 Å². The van der Waals surface area contributed by atoms with Crippen molar-refractivity contribution < 1.29 is 14.4 Å². The molecule has 0 radical (unpaired) electrons. The molecule has 0 bridgehead atoms. The molecule has 0 aliphatic carbocycles. The zero-order valence-electron chi connectivity index (χ0n) is 16.3.